The van der Waals surface area contributed by atoms with Crippen molar-refractivity contribution in [2.24, 2.45) is 5.41 Å². The monoisotopic (exact) mass is 434 g/mol. The maximum absolute atomic E-state index is 13.5. The van der Waals surface area contributed by atoms with Gasteiger partial charge in [-0.2, -0.15) is 0 Å². The minimum absolute atomic E-state index is 0.115. The highest BCUT2D eigenvalue weighted by atomic mass is 35.5. The smallest absolute Gasteiger partial charge is 0.186 e. The third kappa shape index (κ3) is 3.10. The molecule has 2 aliphatic rings. The molecule has 2 fully saturated rings. The van der Waals surface area contributed by atoms with Crippen LogP contribution in [0.4, 0.5) is 0 Å². The van der Waals surface area contributed by atoms with Crippen molar-refractivity contribution in [1.82, 2.24) is 0 Å². The second kappa shape index (κ2) is 7.16. The number of rotatable bonds is 2. The van der Waals surface area contributed by atoms with Crippen molar-refractivity contribution in [3.05, 3.63) is 57.6 Å². The molecule has 0 amide bonds. The second-order valence-electron chi connectivity index (χ2n) is 8.12. The Balaban J connectivity index is 1.82. The van der Waals surface area contributed by atoms with Crippen LogP contribution in [0.1, 0.15) is 49.7 Å². The van der Waals surface area contributed by atoms with Crippen LogP contribution in [-0.2, 0) is 14.5 Å². The summed E-state index contributed by atoms with van der Waals surface area (Å²) in [5, 5.41) is 1.05. The number of Topliss-reactive ketones (excluding diaryl/α,β-unsaturated/α-hetero) is 2. The van der Waals surface area contributed by atoms with Crippen molar-refractivity contribution in [3.63, 3.8) is 0 Å². The molecule has 1 atom stereocenters. The van der Waals surface area contributed by atoms with E-state index in [4.69, 9.17) is 34.8 Å². The third-order valence-corrected chi connectivity index (χ3v) is 7.32. The lowest BCUT2D eigenvalue weighted by molar-refractivity contribution is -0.130. The molecule has 2 aliphatic carbocycles. The van der Waals surface area contributed by atoms with E-state index in [2.05, 4.69) is 0 Å². The van der Waals surface area contributed by atoms with Crippen molar-refractivity contribution in [2.45, 2.75) is 50.3 Å². The van der Waals surface area contributed by atoms with Gasteiger partial charge in [0, 0.05) is 21.9 Å². The van der Waals surface area contributed by atoms with Crippen LogP contribution < -0.4 is 0 Å². The lowest BCUT2D eigenvalue weighted by atomic mass is 9.71. The van der Waals surface area contributed by atoms with Gasteiger partial charge in [-0.15, -0.1) is 0 Å². The zero-order chi connectivity index (χ0) is 20.1. The number of carbonyl (C=O) groups excluding carboxylic acids is 2. The molecule has 28 heavy (non-hydrogen) atoms. The molecule has 0 aliphatic heterocycles. The van der Waals surface area contributed by atoms with Gasteiger partial charge in [0.1, 0.15) is 0 Å². The van der Waals surface area contributed by atoms with Gasteiger partial charge >= 0.3 is 0 Å². The lowest BCUT2D eigenvalue weighted by Gasteiger charge is -2.32. The number of alkyl halides is 1. The van der Waals surface area contributed by atoms with Gasteiger partial charge in [-0.05, 0) is 66.3 Å². The first-order valence-electron chi connectivity index (χ1n) is 9.61. The molecule has 0 aromatic heterocycles. The third-order valence-electron chi connectivity index (χ3n) is 6.29. The first-order chi connectivity index (χ1) is 13.3. The summed E-state index contributed by atoms with van der Waals surface area (Å²) in [6, 6.07) is 11.0. The summed E-state index contributed by atoms with van der Waals surface area (Å²) in [5.41, 5.74) is 2.49. The van der Waals surface area contributed by atoms with Crippen LogP contribution in [0.15, 0.2) is 36.4 Å². The minimum atomic E-state index is -1.60. The average Bonchev–Trinajstić information content (AvgIpc) is 2.83. The molecule has 1 unspecified atom stereocenters. The fourth-order valence-corrected chi connectivity index (χ4v) is 5.80. The van der Waals surface area contributed by atoms with Crippen LogP contribution in [0.2, 0.25) is 10.0 Å². The first kappa shape index (κ1) is 19.9. The van der Waals surface area contributed by atoms with E-state index >= 15 is 0 Å². The largest absolute Gasteiger partial charge is 0.297 e. The van der Waals surface area contributed by atoms with Gasteiger partial charge in [-0.3, -0.25) is 9.59 Å². The molecule has 0 bridgehead atoms. The summed E-state index contributed by atoms with van der Waals surface area (Å²) in [6.07, 6.45) is 4.84. The number of halogens is 3. The summed E-state index contributed by atoms with van der Waals surface area (Å²) >= 11 is 19.2. The fraction of sp³-hybridized carbons (Fsp3) is 0.391. The van der Waals surface area contributed by atoms with E-state index < -0.39 is 10.3 Å². The SMILES string of the molecule is Cc1ccc(-c2cc(Cl)cc(Cl)c2)cc1C1(Cl)C(=O)CC2(CCCCC2)C1=O. The normalized spacial score (nSPS) is 24.1. The van der Waals surface area contributed by atoms with Gasteiger partial charge < -0.3 is 0 Å². The van der Waals surface area contributed by atoms with E-state index in [0.717, 1.165) is 48.8 Å². The molecule has 5 heteroatoms. The second-order valence-corrected chi connectivity index (χ2v) is 9.56. The van der Waals surface area contributed by atoms with Crippen LogP contribution in [0.3, 0.4) is 0 Å². The molecule has 2 aromatic rings. The molecule has 4 rings (SSSR count). The number of hydrogen-bond acceptors (Lipinski definition) is 2. The summed E-state index contributed by atoms with van der Waals surface area (Å²) in [6.45, 7) is 1.89. The molecule has 0 N–H and O–H groups in total. The van der Waals surface area contributed by atoms with Gasteiger partial charge in [0.2, 0.25) is 0 Å². The Morgan fingerprint density at radius 2 is 1.50 bits per heavy atom. The van der Waals surface area contributed by atoms with Crippen LogP contribution >= 0.6 is 34.8 Å². The van der Waals surface area contributed by atoms with Gasteiger partial charge in [-0.1, -0.05) is 66.2 Å². The van der Waals surface area contributed by atoms with Gasteiger partial charge in [0.05, 0.1) is 0 Å². The Labute approximate surface area is 180 Å². The number of carbonyl (C=O) groups is 2. The van der Waals surface area contributed by atoms with E-state index in [1.165, 1.54) is 0 Å². The highest BCUT2D eigenvalue weighted by Crippen LogP contribution is 2.55. The predicted molar refractivity (Wildman–Crippen MR) is 114 cm³/mol. The summed E-state index contributed by atoms with van der Waals surface area (Å²) < 4.78 is 0. The Morgan fingerprint density at radius 1 is 0.857 bits per heavy atom. The van der Waals surface area contributed by atoms with E-state index in [-0.39, 0.29) is 18.0 Å². The summed E-state index contributed by atoms with van der Waals surface area (Å²) in [5.74, 6) is -0.291. The lowest BCUT2D eigenvalue weighted by Crippen LogP contribution is -2.38. The van der Waals surface area contributed by atoms with Gasteiger partial charge in [-0.25, -0.2) is 0 Å². The van der Waals surface area contributed by atoms with E-state index in [1.807, 2.05) is 37.3 Å². The standard InChI is InChI=1S/C23H21Cl3O2/c1-14-5-6-15(16-9-17(24)12-18(25)10-16)11-19(14)23(26)20(27)13-22(21(23)28)7-3-2-4-8-22/h5-6,9-12H,2-4,7-8,13H2,1H3. The van der Waals surface area contributed by atoms with Gasteiger partial charge in [0.15, 0.2) is 16.4 Å². The van der Waals surface area contributed by atoms with Crippen LogP contribution in [-0.4, -0.2) is 11.6 Å². The topological polar surface area (TPSA) is 34.1 Å². The predicted octanol–water partition coefficient (Wildman–Crippen LogP) is 6.90. The summed E-state index contributed by atoms with van der Waals surface area (Å²) in [7, 11) is 0. The molecule has 0 heterocycles. The molecule has 2 saturated carbocycles. The Morgan fingerprint density at radius 3 is 2.14 bits per heavy atom. The Hall–Kier alpha value is -1.35. The zero-order valence-electron chi connectivity index (χ0n) is 15.7. The van der Waals surface area contributed by atoms with Crippen molar-refractivity contribution < 1.29 is 9.59 Å². The first-order valence-corrected chi connectivity index (χ1v) is 10.7. The fourth-order valence-electron chi connectivity index (χ4n) is 4.80. The molecular weight excluding hydrogens is 415 g/mol. The molecule has 146 valence electrons. The van der Waals surface area contributed by atoms with Crippen molar-refractivity contribution in [3.8, 4) is 11.1 Å². The number of hydrogen-bond donors (Lipinski definition) is 0. The molecular formula is C23H21Cl3O2. The van der Waals surface area contributed by atoms with Crippen LogP contribution in [0.25, 0.3) is 11.1 Å². The zero-order valence-corrected chi connectivity index (χ0v) is 17.9. The Kier molecular flexibility index (Phi) is 5.10. The quantitative estimate of drug-likeness (QED) is 0.380. The minimum Gasteiger partial charge on any atom is -0.297 e. The highest BCUT2D eigenvalue weighted by Gasteiger charge is 2.62. The number of benzene rings is 2. The van der Waals surface area contributed by atoms with Crippen molar-refractivity contribution in [1.29, 1.82) is 0 Å². The van der Waals surface area contributed by atoms with Crippen LogP contribution in [0.5, 0.6) is 0 Å². The van der Waals surface area contributed by atoms with Crippen molar-refractivity contribution in [2.75, 3.05) is 0 Å². The van der Waals surface area contributed by atoms with E-state index in [1.54, 1.807) is 6.07 Å². The van der Waals surface area contributed by atoms with E-state index in [0.29, 0.717) is 15.6 Å². The van der Waals surface area contributed by atoms with Gasteiger partial charge in [0.25, 0.3) is 0 Å². The molecule has 2 aromatic carbocycles. The highest BCUT2D eigenvalue weighted by molar-refractivity contribution is 6.49. The molecule has 0 radical (unpaired) electrons. The summed E-state index contributed by atoms with van der Waals surface area (Å²) in [4.78, 5) is 25.0. The van der Waals surface area contributed by atoms with Crippen LogP contribution in [0, 0.1) is 12.3 Å². The van der Waals surface area contributed by atoms with Crippen molar-refractivity contribution >= 4 is 46.4 Å². The maximum Gasteiger partial charge on any atom is 0.186 e. The molecule has 2 nitrogen and oxygen atoms in total. The van der Waals surface area contributed by atoms with E-state index in [9.17, 15) is 9.59 Å². The molecule has 1 spiro atoms. The maximum atomic E-state index is 13.5. The Bertz CT molecular complexity index is 956. The average molecular weight is 436 g/mol. The molecule has 0 saturated heterocycles. The number of ketones is 2. The number of aryl methyl sites for hydroxylation is 1.